The predicted molar refractivity (Wildman–Crippen MR) is 116 cm³/mol. The number of benzene rings is 2. The van der Waals surface area contributed by atoms with E-state index >= 15 is 0 Å². The summed E-state index contributed by atoms with van der Waals surface area (Å²) in [5.41, 5.74) is 6.97. The van der Waals surface area contributed by atoms with Crippen LogP contribution in [-0.2, 0) is 26.4 Å². The van der Waals surface area contributed by atoms with Gasteiger partial charge in [-0.2, -0.15) is 15.3 Å². The second kappa shape index (κ2) is 7.46. The van der Waals surface area contributed by atoms with Crippen LogP contribution >= 0.6 is 0 Å². The lowest BCUT2D eigenvalue weighted by Gasteiger charge is -2.25. The van der Waals surface area contributed by atoms with Crippen LogP contribution < -0.4 is 0 Å². The summed E-state index contributed by atoms with van der Waals surface area (Å²) in [5, 5.41) is 13.8. The Bertz CT molecular complexity index is 1260. The van der Waals surface area contributed by atoms with Gasteiger partial charge in [-0.3, -0.25) is 9.48 Å². The van der Waals surface area contributed by atoms with Gasteiger partial charge in [0.2, 0.25) is 0 Å². The van der Waals surface area contributed by atoms with Crippen molar-refractivity contribution in [3.63, 3.8) is 0 Å². The highest BCUT2D eigenvalue weighted by Crippen LogP contribution is 2.24. The molecule has 6 heteroatoms. The number of Topliss-reactive ketones (excluding diaryl/α,β-unsaturated/α-hetero) is 1. The third kappa shape index (κ3) is 3.62. The predicted octanol–water partition coefficient (Wildman–Crippen LogP) is 3.44. The van der Waals surface area contributed by atoms with E-state index in [-0.39, 0.29) is 12.2 Å². The van der Waals surface area contributed by atoms with Crippen molar-refractivity contribution >= 4 is 16.7 Å². The van der Waals surface area contributed by atoms with Crippen molar-refractivity contribution in [2.75, 3.05) is 13.6 Å². The summed E-state index contributed by atoms with van der Waals surface area (Å²) in [6.45, 7) is 1.97. The van der Waals surface area contributed by atoms with E-state index in [4.69, 9.17) is 0 Å². The first kappa shape index (κ1) is 18.6. The Kier molecular flexibility index (Phi) is 4.64. The molecule has 1 aliphatic rings. The van der Waals surface area contributed by atoms with E-state index in [9.17, 15) is 4.79 Å². The lowest BCUT2D eigenvalue weighted by atomic mass is 9.95. The van der Waals surface area contributed by atoms with Gasteiger partial charge in [-0.05, 0) is 54.4 Å². The molecule has 0 fully saturated rings. The molecule has 150 valence electrons. The van der Waals surface area contributed by atoms with Crippen molar-refractivity contribution in [3.8, 4) is 11.1 Å². The fraction of sp³-hybridized carbons (Fsp3) is 0.250. The molecule has 0 radical (unpaired) electrons. The highest BCUT2D eigenvalue weighted by atomic mass is 16.1. The molecule has 2 aromatic carbocycles. The molecule has 2 aromatic heterocycles. The Morgan fingerprint density at radius 2 is 1.90 bits per heavy atom. The van der Waals surface area contributed by atoms with Gasteiger partial charge in [-0.25, -0.2) is 0 Å². The van der Waals surface area contributed by atoms with Crippen LogP contribution in [0.15, 0.2) is 54.9 Å². The van der Waals surface area contributed by atoms with Crippen molar-refractivity contribution in [2.24, 2.45) is 7.05 Å². The Labute approximate surface area is 175 Å². The van der Waals surface area contributed by atoms with E-state index in [0.29, 0.717) is 5.69 Å². The average molecular weight is 397 g/mol. The van der Waals surface area contributed by atoms with Crippen molar-refractivity contribution in [1.29, 1.82) is 0 Å². The maximum absolute atomic E-state index is 12.9. The minimum Gasteiger partial charge on any atom is -0.302 e. The van der Waals surface area contributed by atoms with Gasteiger partial charge in [-0.15, -0.1) is 0 Å². The van der Waals surface area contributed by atoms with Gasteiger partial charge in [0.05, 0.1) is 23.8 Å². The van der Waals surface area contributed by atoms with E-state index in [1.807, 2.05) is 43.7 Å². The molecule has 1 aliphatic heterocycles. The molecule has 0 spiro atoms. The van der Waals surface area contributed by atoms with Crippen LogP contribution in [0.5, 0.6) is 0 Å². The molecular weight excluding hydrogens is 374 g/mol. The van der Waals surface area contributed by atoms with E-state index < -0.39 is 0 Å². The second-order valence-electron chi connectivity index (χ2n) is 8.08. The van der Waals surface area contributed by atoms with Crippen LogP contribution in [0.3, 0.4) is 0 Å². The van der Waals surface area contributed by atoms with Crippen LogP contribution in [-0.4, -0.2) is 44.3 Å². The topological polar surface area (TPSA) is 63.9 Å². The van der Waals surface area contributed by atoms with Crippen LogP contribution in [0.2, 0.25) is 0 Å². The number of carbonyl (C=O) groups excluding carboxylic acids is 1. The smallest absolute Gasteiger partial charge is 0.168 e. The molecule has 0 unspecified atom stereocenters. The summed E-state index contributed by atoms with van der Waals surface area (Å²) in [5.74, 6) is 0.0776. The number of aryl methyl sites for hydroxylation is 1. The number of rotatable bonds is 4. The Morgan fingerprint density at radius 1 is 1.00 bits per heavy atom. The van der Waals surface area contributed by atoms with Crippen molar-refractivity contribution in [3.05, 3.63) is 77.2 Å². The number of fused-ring (bicyclic) bond motifs is 2. The number of likely N-dealkylation sites (N-methyl/N-ethyl adjacent to an activating group) is 1. The SMILES string of the molecule is CN1CCc2cc(C(=O)Cc3cc4cc(-c5cnn(C)c5)ccc4nn3)ccc2C1. The largest absolute Gasteiger partial charge is 0.302 e. The van der Waals surface area contributed by atoms with Gasteiger partial charge in [0.1, 0.15) is 0 Å². The minimum absolute atomic E-state index is 0.0776. The zero-order valence-electron chi connectivity index (χ0n) is 17.2. The molecule has 6 nitrogen and oxygen atoms in total. The van der Waals surface area contributed by atoms with Gasteiger partial charge in [0.25, 0.3) is 0 Å². The molecular formula is C24H23N5O. The number of aromatic nitrogens is 4. The number of hydrogen-bond acceptors (Lipinski definition) is 5. The van der Waals surface area contributed by atoms with Crippen molar-refractivity contribution in [2.45, 2.75) is 19.4 Å². The maximum atomic E-state index is 12.9. The summed E-state index contributed by atoms with van der Waals surface area (Å²) in [6, 6.07) is 14.1. The van der Waals surface area contributed by atoms with Crippen LogP contribution in [0.1, 0.15) is 27.2 Å². The van der Waals surface area contributed by atoms with Crippen LogP contribution in [0, 0.1) is 0 Å². The second-order valence-corrected chi connectivity index (χ2v) is 8.08. The average Bonchev–Trinajstić information content (AvgIpc) is 3.19. The van der Waals surface area contributed by atoms with E-state index in [1.54, 1.807) is 4.68 Å². The molecule has 0 N–H and O–H groups in total. The lowest BCUT2D eigenvalue weighted by Crippen LogP contribution is -2.26. The van der Waals surface area contributed by atoms with Gasteiger partial charge in [0, 0.05) is 42.8 Å². The monoisotopic (exact) mass is 397 g/mol. The summed E-state index contributed by atoms with van der Waals surface area (Å²) < 4.78 is 1.78. The molecule has 5 rings (SSSR count). The third-order valence-corrected chi connectivity index (χ3v) is 5.75. The van der Waals surface area contributed by atoms with Crippen molar-refractivity contribution in [1.82, 2.24) is 24.9 Å². The number of carbonyl (C=O) groups is 1. The molecule has 3 heterocycles. The van der Waals surface area contributed by atoms with E-state index in [0.717, 1.165) is 47.1 Å². The Morgan fingerprint density at radius 3 is 2.73 bits per heavy atom. The van der Waals surface area contributed by atoms with Crippen molar-refractivity contribution < 1.29 is 4.79 Å². The highest BCUT2D eigenvalue weighted by Gasteiger charge is 2.16. The van der Waals surface area contributed by atoms with E-state index in [1.165, 1.54) is 11.1 Å². The van der Waals surface area contributed by atoms with Crippen LogP contribution in [0.4, 0.5) is 0 Å². The molecule has 0 saturated heterocycles. The van der Waals surface area contributed by atoms with Gasteiger partial charge >= 0.3 is 0 Å². The molecule has 0 aliphatic carbocycles. The molecule has 4 aromatic rings. The number of nitrogens with zero attached hydrogens (tertiary/aromatic N) is 5. The summed E-state index contributed by atoms with van der Waals surface area (Å²) in [6.07, 6.45) is 5.06. The molecule has 0 saturated carbocycles. The standard InChI is InChI=1S/C24H23N5O/c1-28-8-7-17-9-18(3-4-19(17)14-28)24(30)12-22-11-20-10-16(5-6-23(20)27-26-22)21-13-25-29(2)15-21/h3-6,9-11,13,15H,7-8,12,14H2,1-2H3. The van der Waals surface area contributed by atoms with Crippen LogP contribution in [0.25, 0.3) is 22.0 Å². The summed E-state index contributed by atoms with van der Waals surface area (Å²) >= 11 is 0. The quantitative estimate of drug-likeness (QED) is 0.494. The molecule has 0 atom stereocenters. The first-order chi connectivity index (χ1) is 14.5. The number of ketones is 1. The van der Waals surface area contributed by atoms with Gasteiger partial charge < -0.3 is 4.90 Å². The Balaban J connectivity index is 1.40. The normalized spacial score (nSPS) is 14.1. The lowest BCUT2D eigenvalue weighted by molar-refractivity contribution is 0.0991. The third-order valence-electron chi connectivity index (χ3n) is 5.75. The maximum Gasteiger partial charge on any atom is 0.168 e. The molecule has 30 heavy (non-hydrogen) atoms. The van der Waals surface area contributed by atoms with E-state index in [2.05, 4.69) is 45.4 Å². The van der Waals surface area contributed by atoms with Gasteiger partial charge in [0.15, 0.2) is 5.78 Å². The summed E-state index contributed by atoms with van der Waals surface area (Å²) in [7, 11) is 4.03. The first-order valence-electron chi connectivity index (χ1n) is 10.1. The fourth-order valence-electron chi connectivity index (χ4n) is 4.06. The zero-order valence-corrected chi connectivity index (χ0v) is 17.2. The molecule has 0 bridgehead atoms. The fourth-order valence-corrected chi connectivity index (χ4v) is 4.06. The first-order valence-corrected chi connectivity index (χ1v) is 10.1. The minimum atomic E-state index is 0.0776. The number of hydrogen-bond donors (Lipinski definition) is 0. The molecule has 0 amide bonds. The zero-order chi connectivity index (χ0) is 20.7. The highest BCUT2D eigenvalue weighted by molar-refractivity contribution is 5.98. The van der Waals surface area contributed by atoms with Gasteiger partial charge in [-0.1, -0.05) is 18.2 Å². The Hall–Kier alpha value is -3.38. The summed E-state index contributed by atoms with van der Waals surface area (Å²) in [4.78, 5) is 15.2.